The number of hydrogen-bond donors (Lipinski definition) is 3. The fourth-order valence-corrected chi connectivity index (χ4v) is 4.68. The summed E-state index contributed by atoms with van der Waals surface area (Å²) in [7, 11) is -4.73. The summed E-state index contributed by atoms with van der Waals surface area (Å²) in [5, 5.41) is 0.707. The highest BCUT2D eigenvalue weighted by Gasteiger charge is 2.34. The lowest BCUT2D eigenvalue weighted by Crippen LogP contribution is -2.53. The van der Waals surface area contributed by atoms with E-state index in [0.29, 0.717) is 23.0 Å². The van der Waals surface area contributed by atoms with Crippen molar-refractivity contribution in [1.82, 2.24) is 9.96 Å². The van der Waals surface area contributed by atoms with E-state index in [1.807, 2.05) is 0 Å². The van der Waals surface area contributed by atoms with Crippen LogP contribution in [0.5, 0.6) is 0 Å². The first-order valence-corrected chi connectivity index (χ1v) is 10.8. The van der Waals surface area contributed by atoms with E-state index >= 15 is 0 Å². The number of nitrogens with two attached hydrogens (primary N) is 2. The Labute approximate surface area is 160 Å². The lowest BCUT2D eigenvalue weighted by atomic mass is 9.88. The van der Waals surface area contributed by atoms with Gasteiger partial charge in [0.05, 0.1) is 0 Å². The van der Waals surface area contributed by atoms with Crippen molar-refractivity contribution in [3.8, 4) is 0 Å². The molecule has 10 nitrogen and oxygen atoms in total. The molecular weight excluding hydrogens is 374 g/mol. The largest absolute Gasteiger partial charge is 0.418 e. The predicted molar refractivity (Wildman–Crippen MR) is 101 cm³/mol. The molecule has 2 aliphatic carbocycles. The maximum absolute atomic E-state index is 11.0. The van der Waals surface area contributed by atoms with Crippen LogP contribution in [0.25, 0.3) is 0 Å². The summed E-state index contributed by atoms with van der Waals surface area (Å²) in [4.78, 5) is 6.73. The summed E-state index contributed by atoms with van der Waals surface area (Å²) in [6, 6.07) is 0.798. The Balaban J connectivity index is 0.00000261. The average molecular weight is 406 g/mol. The number of guanidine groups is 1. The van der Waals surface area contributed by atoms with E-state index in [1.54, 1.807) is 6.08 Å². The molecule has 1 unspecified atom stereocenters. The zero-order valence-electron chi connectivity index (χ0n) is 15.5. The van der Waals surface area contributed by atoms with Gasteiger partial charge in [0.25, 0.3) is 0 Å². The number of nitrogens with zero attached hydrogens (tertiary/aromatic N) is 3. The van der Waals surface area contributed by atoms with Crippen molar-refractivity contribution in [3.63, 3.8) is 0 Å². The molecule has 3 aliphatic rings. The van der Waals surface area contributed by atoms with Gasteiger partial charge in [0.15, 0.2) is 0 Å². The van der Waals surface area contributed by atoms with Gasteiger partial charge in [0.1, 0.15) is 12.0 Å². The van der Waals surface area contributed by atoms with Gasteiger partial charge in [-0.15, -0.1) is 4.28 Å². The van der Waals surface area contributed by atoms with E-state index < -0.39 is 16.6 Å². The molecule has 0 aromatic rings. The Hall–Kier alpha value is -1.40. The van der Waals surface area contributed by atoms with Gasteiger partial charge in [-0.1, -0.05) is 38.5 Å². The molecule has 7 N–H and O–H groups in total. The summed E-state index contributed by atoms with van der Waals surface area (Å²) in [6.45, 7) is 0. The first kappa shape index (κ1) is 21.9. The van der Waals surface area contributed by atoms with E-state index in [0.717, 1.165) is 25.7 Å². The van der Waals surface area contributed by atoms with Crippen molar-refractivity contribution in [2.45, 2.75) is 82.5 Å². The average Bonchev–Trinajstić information content (AvgIpc) is 2.60. The Bertz CT molecular complexity index is 638. The van der Waals surface area contributed by atoms with Crippen LogP contribution < -0.4 is 11.5 Å². The summed E-state index contributed by atoms with van der Waals surface area (Å²) < 4.78 is 35.3. The quantitative estimate of drug-likeness (QED) is 0.560. The van der Waals surface area contributed by atoms with Gasteiger partial charge in [-0.05, 0) is 31.8 Å². The zero-order chi connectivity index (χ0) is 18.7. The van der Waals surface area contributed by atoms with Crippen LogP contribution in [0.2, 0.25) is 0 Å². The van der Waals surface area contributed by atoms with Crippen molar-refractivity contribution >= 4 is 16.4 Å². The third-order valence-corrected chi connectivity index (χ3v) is 5.77. The monoisotopic (exact) mass is 405 g/mol. The van der Waals surface area contributed by atoms with Crippen LogP contribution in [-0.4, -0.2) is 52.6 Å². The van der Waals surface area contributed by atoms with Gasteiger partial charge in [0, 0.05) is 12.1 Å². The van der Waals surface area contributed by atoms with Crippen LogP contribution >= 0.6 is 0 Å². The Morgan fingerprint density at radius 3 is 1.96 bits per heavy atom. The molecular formula is C16H31N5O5S. The molecule has 11 heteroatoms. The van der Waals surface area contributed by atoms with Crippen molar-refractivity contribution in [2.24, 2.45) is 16.5 Å². The summed E-state index contributed by atoms with van der Waals surface area (Å²) in [5.74, 6) is 0.508. The Kier molecular flexibility index (Phi) is 7.46. The molecule has 0 amide bonds. The highest BCUT2D eigenvalue weighted by Crippen LogP contribution is 2.34. The minimum absolute atomic E-state index is 0. The fourth-order valence-electron chi connectivity index (χ4n) is 4.30. The molecule has 156 valence electrons. The number of hydrogen-bond acceptors (Lipinski definition) is 8. The molecule has 1 atom stereocenters. The maximum Gasteiger partial charge on any atom is 0.418 e. The van der Waals surface area contributed by atoms with Crippen LogP contribution in [0.15, 0.2) is 16.9 Å². The lowest BCUT2D eigenvalue weighted by Gasteiger charge is -2.44. The molecule has 0 bridgehead atoms. The van der Waals surface area contributed by atoms with Gasteiger partial charge < -0.3 is 21.8 Å². The minimum Gasteiger partial charge on any atom is -0.412 e. The molecule has 1 aliphatic heterocycles. The summed E-state index contributed by atoms with van der Waals surface area (Å²) >= 11 is 0. The van der Waals surface area contributed by atoms with Gasteiger partial charge in [-0.3, -0.25) is 4.55 Å². The topological polar surface area (TPSA) is 166 Å². The molecule has 1 heterocycles. The predicted octanol–water partition coefficient (Wildman–Crippen LogP) is 0.620. The number of rotatable bonds is 5. The van der Waals surface area contributed by atoms with E-state index in [-0.39, 0.29) is 11.4 Å². The third-order valence-electron chi connectivity index (χ3n) is 5.42. The molecule has 3 rings (SSSR count). The SMILES string of the molecule is NC1=NC(N(C2CCCCC2)C2CCCCC2)=CC(N)N1OS(=O)(=O)O.O. The molecule has 0 saturated heterocycles. The van der Waals surface area contributed by atoms with Crippen molar-refractivity contribution in [3.05, 3.63) is 11.9 Å². The van der Waals surface area contributed by atoms with Crippen LogP contribution in [0.1, 0.15) is 64.2 Å². The lowest BCUT2D eigenvalue weighted by molar-refractivity contribution is -0.0147. The van der Waals surface area contributed by atoms with Gasteiger partial charge in [-0.2, -0.15) is 18.5 Å². The molecule has 0 aromatic heterocycles. The molecule has 2 fully saturated rings. The van der Waals surface area contributed by atoms with E-state index in [2.05, 4.69) is 14.2 Å². The van der Waals surface area contributed by atoms with Crippen LogP contribution in [0.3, 0.4) is 0 Å². The first-order valence-electron chi connectivity index (χ1n) is 9.41. The van der Waals surface area contributed by atoms with Gasteiger partial charge >= 0.3 is 10.4 Å². The summed E-state index contributed by atoms with van der Waals surface area (Å²) in [5.41, 5.74) is 11.9. The standard InChI is InChI=1S/C16H29N5O4S.H2O/c17-14-11-15(19-16(18)21(14)25-26(22,23)24)20(12-7-3-1-4-8-12)13-9-5-2-6-10-13;/h11-14H,1-10,17H2,(H2,18,19)(H,22,23,24);1H2. The van der Waals surface area contributed by atoms with Crippen molar-refractivity contribution in [2.75, 3.05) is 0 Å². The van der Waals surface area contributed by atoms with E-state index in [9.17, 15) is 8.42 Å². The fraction of sp³-hybridized carbons (Fsp3) is 0.812. The Morgan fingerprint density at radius 2 is 1.56 bits per heavy atom. The molecule has 0 radical (unpaired) electrons. The number of hydroxylamine groups is 2. The second-order valence-electron chi connectivity index (χ2n) is 7.30. The minimum atomic E-state index is -4.73. The zero-order valence-corrected chi connectivity index (χ0v) is 16.3. The Morgan fingerprint density at radius 1 is 1.07 bits per heavy atom. The maximum atomic E-state index is 11.0. The van der Waals surface area contributed by atoms with Crippen molar-refractivity contribution < 1.29 is 22.7 Å². The smallest absolute Gasteiger partial charge is 0.412 e. The van der Waals surface area contributed by atoms with Gasteiger partial charge in [-0.25, -0.2) is 0 Å². The summed E-state index contributed by atoms with van der Waals surface area (Å²) in [6.07, 6.45) is 12.5. The highest BCUT2D eigenvalue weighted by molar-refractivity contribution is 7.80. The molecule has 0 aromatic carbocycles. The van der Waals surface area contributed by atoms with E-state index in [4.69, 9.17) is 16.0 Å². The highest BCUT2D eigenvalue weighted by atomic mass is 32.3. The third kappa shape index (κ3) is 5.55. The second-order valence-corrected chi connectivity index (χ2v) is 8.31. The molecule has 27 heavy (non-hydrogen) atoms. The molecule has 0 spiro atoms. The van der Waals surface area contributed by atoms with E-state index in [1.165, 1.54) is 38.5 Å². The van der Waals surface area contributed by atoms with Crippen LogP contribution in [0, 0.1) is 0 Å². The normalized spacial score (nSPS) is 25.4. The van der Waals surface area contributed by atoms with Crippen LogP contribution in [-0.2, 0) is 14.7 Å². The number of aliphatic imine (C=N–C) groups is 1. The van der Waals surface area contributed by atoms with Crippen molar-refractivity contribution in [1.29, 1.82) is 0 Å². The first-order chi connectivity index (χ1) is 12.3. The molecule has 2 saturated carbocycles. The van der Waals surface area contributed by atoms with Crippen LogP contribution in [0.4, 0.5) is 0 Å². The van der Waals surface area contributed by atoms with Gasteiger partial charge in [0.2, 0.25) is 5.96 Å². The second kappa shape index (κ2) is 9.20.